The van der Waals surface area contributed by atoms with Crippen molar-refractivity contribution < 1.29 is 86.6 Å². The molecule has 8 atom stereocenters. The van der Waals surface area contributed by atoms with E-state index in [4.69, 9.17) is 38.6 Å². The van der Waals surface area contributed by atoms with Crippen molar-refractivity contribution in [3.05, 3.63) is 0 Å². The molecular weight excluding hydrogens is 768 g/mol. The van der Waals surface area contributed by atoms with Crippen molar-refractivity contribution in [2.45, 2.75) is 179 Å². The van der Waals surface area contributed by atoms with Crippen molar-refractivity contribution in [3.8, 4) is 0 Å². The van der Waals surface area contributed by atoms with E-state index in [1.54, 1.807) is 13.8 Å². The number of aliphatic carboxylic acids is 2. The number of hydrogen-bond acceptors (Lipinski definition) is 16. The first-order valence-electron chi connectivity index (χ1n) is 19.6. The van der Waals surface area contributed by atoms with Crippen molar-refractivity contribution in [2.75, 3.05) is 0 Å². The van der Waals surface area contributed by atoms with Crippen LogP contribution >= 0.6 is 0 Å². The Morgan fingerprint density at radius 3 is 1.62 bits per heavy atom. The van der Waals surface area contributed by atoms with Gasteiger partial charge in [0.1, 0.15) is 46.2 Å². The van der Waals surface area contributed by atoms with E-state index in [-0.39, 0.29) is 97.6 Å². The topological polar surface area (TPSA) is 267 Å². The van der Waals surface area contributed by atoms with Crippen LogP contribution in [0.4, 0.5) is 0 Å². The van der Waals surface area contributed by atoms with Gasteiger partial charge in [-0.15, -0.1) is 0 Å². The predicted molar refractivity (Wildman–Crippen MR) is 195 cm³/mol. The number of hydrogen-bond donors (Lipinski definition) is 2. The van der Waals surface area contributed by atoms with Gasteiger partial charge in [0, 0.05) is 57.3 Å². The van der Waals surface area contributed by atoms with Gasteiger partial charge in [0.15, 0.2) is 0 Å². The second kappa shape index (κ2) is 19.7. The van der Waals surface area contributed by atoms with Crippen LogP contribution in [0.3, 0.4) is 0 Å². The number of ether oxygens (including phenoxy) is 6. The molecule has 18 nitrogen and oxygen atoms in total. The number of cyclic esters (lactones) is 6. The summed E-state index contributed by atoms with van der Waals surface area (Å²) in [5.74, 6) is -4.49. The van der Waals surface area contributed by atoms with E-state index in [0.717, 1.165) is 12.8 Å². The van der Waals surface area contributed by atoms with Crippen molar-refractivity contribution in [1.82, 2.24) is 0 Å². The third kappa shape index (κ3) is 14.2. The molecule has 0 aromatic heterocycles. The fourth-order valence-corrected chi connectivity index (χ4v) is 8.01. The van der Waals surface area contributed by atoms with Gasteiger partial charge in [-0.05, 0) is 73.6 Å². The Hall–Kier alpha value is -4.90. The normalized spacial score (nSPS) is 32.7. The van der Waals surface area contributed by atoms with E-state index in [9.17, 15) is 47.9 Å². The molecule has 0 amide bonds. The number of carboxylic acid groups (broad SMARTS) is 2. The predicted octanol–water partition coefficient (Wildman–Crippen LogP) is 3.88. The van der Waals surface area contributed by atoms with Crippen LogP contribution in [0.5, 0.6) is 0 Å². The summed E-state index contributed by atoms with van der Waals surface area (Å²) in [7, 11) is 0. The van der Waals surface area contributed by atoms with Gasteiger partial charge >= 0.3 is 47.8 Å². The Morgan fingerprint density at radius 2 is 1.21 bits per heavy atom. The Bertz CT molecular complexity index is 1630. The molecule has 6 fully saturated rings. The van der Waals surface area contributed by atoms with Crippen LogP contribution < -0.4 is 0 Å². The Kier molecular flexibility index (Phi) is 16.1. The maximum Gasteiger partial charge on any atom is 0.306 e. The molecule has 0 aromatic rings. The molecule has 0 saturated carbocycles. The Morgan fingerprint density at radius 1 is 0.655 bits per heavy atom. The second-order valence-corrected chi connectivity index (χ2v) is 16.7. The lowest BCUT2D eigenvalue weighted by molar-refractivity contribution is -0.158. The minimum atomic E-state index is -1.06. The monoisotopic (exact) mass is 824 g/mol. The number of ketones is 2. The number of carbonyl (C=O) groups is 10. The third-order valence-corrected chi connectivity index (χ3v) is 11.3. The van der Waals surface area contributed by atoms with Gasteiger partial charge in [-0.2, -0.15) is 0 Å². The first-order chi connectivity index (χ1) is 26.8. The lowest BCUT2D eigenvalue weighted by Gasteiger charge is -2.30. The van der Waals surface area contributed by atoms with Crippen LogP contribution in [-0.4, -0.2) is 104 Å². The van der Waals surface area contributed by atoms with Gasteiger partial charge in [-0.1, -0.05) is 0 Å². The fourth-order valence-electron chi connectivity index (χ4n) is 8.01. The molecule has 0 radical (unpaired) electrons. The molecule has 6 aliphatic rings. The van der Waals surface area contributed by atoms with Gasteiger partial charge in [0.25, 0.3) is 0 Å². The van der Waals surface area contributed by atoms with Crippen LogP contribution in [-0.2, 0) is 76.4 Å². The molecule has 0 bridgehead atoms. The van der Waals surface area contributed by atoms with Crippen LogP contribution in [0, 0.1) is 11.8 Å². The first kappa shape index (κ1) is 47.5. The summed E-state index contributed by atoms with van der Waals surface area (Å²) in [4.78, 5) is 109. The van der Waals surface area contributed by atoms with Gasteiger partial charge < -0.3 is 38.6 Å². The number of Topliss-reactive ketones (excluding diaryl/α,β-unsaturated/α-hetero) is 2. The summed E-state index contributed by atoms with van der Waals surface area (Å²) in [6.07, 6.45) is 5.61. The molecule has 6 saturated heterocycles. The highest BCUT2D eigenvalue weighted by Crippen LogP contribution is 2.41. The summed E-state index contributed by atoms with van der Waals surface area (Å²) >= 11 is 0. The fraction of sp³-hybridized carbons (Fsp3) is 0.750. The Labute approximate surface area is 336 Å². The summed E-state index contributed by atoms with van der Waals surface area (Å²) in [6, 6.07) is 0. The van der Waals surface area contributed by atoms with Crippen LogP contribution in [0.15, 0.2) is 0 Å². The highest BCUT2D eigenvalue weighted by molar-refractivity contribution is 5.86. The second-order valence-electron chi connectivity index (χ2n) is 16.7. The minimum absolute atomic E-state index is 0.00245. The molecule has 6 rings (SSSR count). The molecule has 2 N–H and O–H groups in total. The van der Waals surface area contributed by atoms with Gasteiger partial charge in [0.05, 0.1) is 25.2 Å². The van der Waals surface area contributed by atoms with Crippen LogP contribution in [0.25, 0.3) is 0 Å². The van der Waals surface area contributed by atoms with E-state index < -0.39 is 40.3 Å². The van der Waals surface area contributed by atoms with E-state index in [1.165, 1.54) is 6.92 Å². The SMILES string of the molecule is CC(=O)C(CC(=O)O)C1(C)CCC(=O)O1.CC1(CC(=O)CCC(=O)O)CCC(=O)O1.CC1(CC2CCC(=O)O2)CCC(=O)O1.CC1OC(=O)CC1C1(C)CCC(=O)O1. The lowest BCUT2D eigenvalue weighted by atomic mass is 9.82. The van der Waals surface area contributed by atoms with Crippen LogP contribution in [0.1, 0.15) is 144 Å². The summed E-state index contributed by atoms with van der Waals surface area (Å²) in [6.45, 7) is 10.3. The van der Waals surface area contributed by atoms with Crippen molar-refractivity contribution in [1.29, 1.82) is 0 Å². The zero-order valence-corrected chi connectivity index (χ0v) is 34.0. The van der Waals surface area contributed by atoms with E-state index in [1.807, 2.05) is 20.8 Å². The average molecular weight is 825 g/mol. The van der Waals surface area contributed by atoms with Crippen molar-refractivity contribution in [3.63, 3.8) is 0 Å². The van der Waals surface area contributed by atoms with Crippen LogP contribution in [0.2, 0.25) is 0 Å². The quantitative estimate of drug-likeness (QED) is 0.209. The van der Waals surface area contributed by atoms with E-state index in [0.29, 0.717) is 57.8 Å². The maximum atomic E-state index is 11.4. The third-order valence-electron chi connectivity index (χ3n) is 11.3. The summed E-state index contributed by atoms with van der Waals surface area (Å²) in [5, 5.41) is 17.1. The maximum absolute atomic E-state index is 11.4. The minimum Gasteiger partial charge on any atom is -0.481 e. The lowest BCUT2D eigenvalue weighted by Crippen LogP contribution is -2.40. The van der Waals surface area contributed by atoms with Gasteiger partial charge in [-0.3, -0.25) is 47.9 Å². The summed E-state index contributed by atoms with van der Waals surface area (Å²) in [5.41, 5.74) is -2.57. The largest absolute Gasteiger partial charge is 0.481 e. The number of rotatable bonds is 12. The molecule has 58 heavy (non-hydrogen) atoms. The standard InChI is InChI=1S/2C10H14O5.2C10H14O4/c1-6(11)7(5-8(12)13)10(2)4-3-9(14)15-10;1-10(5-4-9(14)15-10)6-7(11)2-3-8(12)13;1-6-7(5-9(12)13-6)10(2)4-3-8(11)14-10;1-10(5-4-9(12)14-10)6-7-2-3-8(11)13-7/h7H,3-5H2,1-2H3,(H,12,13);2-6H2,1H3,(H,12,13);6-7H,3-5H2,1-2H3;7H,2-6H2,1H3. The first-order valence-corrected chi connectivity index (χ1v) is 19.6. The molecule has 324 valence electrons. The molecule has 6 heterocycles. The number of carbonyl (C=O) groups excluding carboxylic acids is 8. The van der Waals surface area contributed by atoms with Gasteiger partial charge in [0.2, 0.25) is 0 Å². The van der Waals surface area contributed by atoms with Crippen molar-refractivity contribution >= 4 is 59.3 Å². The molecule has 0 aromatic carbocycles. The molecular formula is C40H56O18. The number of esters is 6. The zero-order chi connectivity index (χ0) is 43.6. The smallest absolute Gasteiger partial charge is 0.306 e. The zero-order valence-electron chi connectivity index (χ0n) is 34.0. The molecule has 0 aliphatic carbocycles. The van der Waals surface area contributed by atoms with E-state index >= 15 is 0 Å². The van der Waals surface area contributed by atoms with Crippen molar-refractivity contribution in [2.24, 2.45) is 11.8 Å². The van der Waals surface area contributed by atoms with E-state index in [2.05, 4.69) is 0 Å². The molecule has 0 spiro atoms. The Balaban J connectivity index is 0.000000207. The molecule has 6 aliphatic heterocycles. The number of carboxylic acids is 2. The van der Waals surface area contributed by atoms with Gasteiger partial charge in [-0.25, -0.2) is 0 Å². The summed E-state index contributed by atoms with van der Waals surface area (Å²) < 4.78 is 30.7. The average Bonchev–Trinajstić information content (AvgIpc) is 3.96. The highest BCUT2D eigenvalue weighted by atomic mass is 16.6. The highest BCUT2D eigenvalue weighted by Gasteiger charge is 2.50. The molecule has 18 heteroatoms. The molecule has 8 unspecified atom stereocenters.